The van der Waals surface area contributed by atoms with Crippen LogP contribution >= 0.6 is 11.6 Å². The van der Waals surface area contributed by atoms with E-state index in [2.05, 4.69) is 10.3 Å². The van der Waals surface area contributed by atoms with Gasteiger partial charge >= 0.3 is 0 Å². The number of nitrogens with one attached hydrogen (secondary N) is 1. The number of rotatable bonds is 4. The van der Waals surface area contributed by atoms with Crippen molar-refractivity contribution in [2.75, 3.05) is 0 Å². The van der Waals surface area contributed by atoms with E-state index in [1.807, 2.05) is 25.1 Å². The average Bonchev–Trinajstić information content (AvgIpc) is 2.36. The zero-order chi connectivity index (χ0) is 13.0. The van der Waals surface area contributed by atoms with E-state index in [-0.39, 0.29) is 11.9 Å². The van der Waals surface area contributed by atoms with Crippen LogP contribution in [0.5, 0.6) is 0 Å². The molecule has 18 heavy (non-hydrogen) atoms. The van der Waals surface area contributed by atoms with Crippen molar-refractivity contribution in [2.45, 2.75) is 19.5 Å². The van der Waals surface area contributed by atoms with Gasteiger partial charge in [-0.3, -0.25) is 4.98 Å². The number of aromatic nitrogens is 1. The van der Waals surface area contributed by atoms with Gasteiger partial charge in [0.2, 0.25) is 0 Å². The quantitative estimate of drug-likeness (QED) is 0.910. The van der Waals surface area contributed by atoms with Crippen LogP contribution in [-0.4, -0.2) is 4.98 Å². The monoisotopic (exact) mass is 264 g/mol. The molecule has 0 spiro atoms. The van der Waals surface area contributed by atoms with Crippen molar-refractivity contribution in [1.82, 2.24) is 10.3 Å². The summed E-state index contributed by atoms with van der Waals surface area (Å²) < 4.78 is 13.2. The molecule has 0 saturated carbocycles. The molecule has 0 amide bonds. The first-order valence-corrected chi connectivity index (χ1v) is 6.12. The molecule has 2 rings (SSSR count). The van der Waals surface area contributed by atoms with Crippen LogP contribution in [0.3, 0.4) is 0 Å². The number of nitrogens with zero attached hydrogens (tertiary/aromatic N) is 1. The topological polar surface area (TPSA) is 24.9 Å². The Labute approximate surface area is 111 Å². The second-order valence-electron chi connectivity index (χ2n) is 4.13. The van der Waals surface area contributed by atoms with E-state index in [1.165, 1.54) is 12.1 Å². The molecule has 0 aliphatic heterocycles. The van der Waals surface area contributed by atoms with Gasteiger partial charge in [-0.2, -0.15) is 0 Å². The van der Waals surface area contributed by atoms with Crippen molar-refractivity contribution >= 4 is 11.6 Å². The molecule has 2 nitrogen and oxygen atoms in total. The number of hydrogen-bond donors (Lipinski definition) is 1. The van der Waals surface area contributed by atoms with E-state index < -0.39 is 0 Å². The highest BCUT2D eigenvalue weighted by Gasteiger charge is 2.06. The third kappa shape index (κ3) is 3.52. The van der Waals surface area contributed by atoms with Gasteiger partial charge in [0.05, 0.1) is 5.69 Å². The van der Waals surface area contributed by atoms with Gasteiger partial charge in [0.25, 0.3) is 0 Å². The van der Waals surface area contributed by atoms with Gasteiger partial charge in [0.15, 0.2) is 0 Å². The Hall–Kier alpha value is -1.45. The van der Waals surface area contributed by atoms with Crippen LogP contribution in [0.25, 0.3) is 0 Å². The molecule has 0 aliphatic carbocycles. The lowest BCUT2D eigenvalue weighted by Crippen LogP contribution is -2.19. The molecule has 0 aliphatic rings. The third-order valence-electron chi connectivity index (χ3n) is 2.67. The minimum Gasteiger partial charge on any atom is -0.305 e. The van der Waals surface area contributed by atoms with E-state index in [0.717, 1.165) is 11.3 Å². The lowest BCUT2D eigenvalue weighted by molar-refractivity contribution is 0.557. The molecular formula is C14H14ClFN2. The fourth-order valence-corrected chi connectivity index (χ4v) is 1.97. The van der Waals surface area contributed by atoms with Crippen LogP contribution in [0.4, 0.5) is 4.39 Å². The predicted octanol–water partition coefficient (Wildman–Crippen LogP) is 3.72. The van der Waals surface area contributed by atoms with E-state index >= 15 is 0 Å². The van der Waals surface area contributed by atoms with Crippen LogP contribution in [0.15, 0.2) is 42.6 Å². The van der Waals surface area contributed by atoms with Crippen molar-refractivity contribution < 1.29 is 4.39 Å². The second-order valence-corrected chi connectivity index (χ2v) is 4.57. The van der Waals surface area contributed by atoms with Gasteiger partial charge in [-0.05, 0) is 42.8 Å². The fourth-order valence-electron chi connectivity index (χ4n) is 1.72. The summed E-state index contributed by atoms with van der Waals surface area (Å²) in [4.78, 5) is 4.26. The summed E-state index contributed by atoms with van der Waals surface area (Å²) in [5, 5.41) is 3.70. The minimum atomic E-state index is -0.315. The third-order valence-corrected chi connectivity index (χ3v) is 2.88. The highest BCUT2D eigenvalue weighted by molar-refractivity contribution is 6.30. The van der Waals surface area contributed by atoms with E-state index in [4.69, 9.17) is 11.6 Å². The highest BCUT2D eigenvalue weighted by atomic mass is 35.5. The molecule has 4 heteroatoms. The van der Waals surface area contributed by atoms with Gasteiger partial charge in [-0.1, -0.05) is 17.7 Å². The second kappa shape index (κ2) is 5.94. The maximum absolute atomic E-state index is 13.2. The van der Waals surface area contributed by atoms with Crippen molar-refractivity contribution in [1.29, 1.82) is 0 Å². The van der Waals surface area contributed by atoms with Crippen LogP contribution in [0.2, 0.25) is 5.02 Å². The van der Waals surface area contributed by atoms with Crippen LogP contribution < -0.4 is 5.32 Å². The van der Waals surface area contributed by atoms with Crippen LogP contribution in [0.1, 0.15) is 24.2 Å². The number of halogens is 2. The first-order valence-electron chi connectivity index (χ1n) is 5.74. The van der Waals surface area contributed by atoms with Crippen molar-refractivity contribution in [3.63, 3.8) is 0 Å². The molecule has 1 aromatic heterocycles. The minimum absolute atomic E-state index is 0.105. The Morgan fingerprint density at radius 2 is 2.17 bits per heavy atom. The van der Waals surface area contributed by atoms with E-state index in [1.54, 1.807) is 12.3 Å². The Bertz CT molecular complexity index is 496. The average molecular weight is 265 g/mol. The lowest BCUT2D eigenvalue weighted by Gasteiger charge is -2.13. The van der Waals surface area contributed by atoms with Crippen LogP contribution in [0, 0.1) is 5.82 Å². The zero-order valence-electron chi connectivity index (χ0n) is 10.0. The molecule has 2 aromatic rings. The van der Waals surface area contributed by atoms with Gasteiger partial charge in [-0.15, -0.1) is 0 Å². The van der Waals surface area contributed by atoms with Crippen molar-refractivity contribution in [3.8, 4) is 0 Å². The molecule has 1 aromatic carbocycles. The van der Waals surface area contributed by atoms with Gasteiger partial charge in [0, 0.05) is 23.8 Å². The van der Waals surface area contributed by atoms with Gasteiger partial charge in [0.1, 0.15) is 5.82 Å². The first-order chi connectivity index (χ1) is 8.65. The Morgan fingerprint density at radius 1 is 1.33 bits per heavy atom. The van der Waals surface area contributed by atoms with E-state index in [9.17, 15) is 4.39 Å². The smallest absolute Gasteiger partial charge is 0.125 e. The molecule has 0 fully saturated rings. The molecule has 1 N–H and O–H groups in total. The number of pyridine rings is 1. The Morgan fingerprint density at radius 3 is 2.83 bits per heavy atom. The van der Waals surface area contributed by atoms with Gasteiger partial charge in [-0.25, -0.2) is 4.39 Å². The predicted molar refractivity (Wildman–Crippen MR) is 70.9 cm³/mol. The Kier molecular flexibility index (Phi) is 4.28. The maximum Gasteiger partial charge on any atom is 0.125 e. The molecule has 1 atom stereocenters. The molecular weight excluding hydrogens is 251 g/mol. The summed E-state index contributed by atoms with van der Waals surface area (Å²) in [6, 6.07) is 10.4. The highest BCUT2D eigenvalue weighted by Crippen LogP contribution is 2.15. The summed E-state index contributed by atoms with van der Waals surface area (Å²) >= 11 is 5.80. The van der Waals surface area contributed by atoms with Crippen molar-refractivity contribution in [2.24, 2.45) is 0 Å². The van der Waals surface area contributed by atoms with E-state index in [0.29, 0.717) is 11.6 Å². The van der Waals surface area contributed by atoms with Crippen LogP contribution in [-0.2, 0) is 6.54 Å². The fraction of sp³-hybridized carbons (Fsp3) is 0.214. The standard InChI is InChI=1S/C14H14ClFN2/c1-10(14-4-2-3-5-17-14)18-9-11-6-12(15)8-13(16)7-11/h2-8,10,18H,9H2,1H3/t10-/m1/s1. The summed E-state index contributed by atoms with van der Waals surface area (Å²) in [5.41, 5.74) is 1.78. The summed E-state index contributed by atoms with van der Waals surface area (Å²) in [7, 11) is 0. The summed E-state index contributed by atoms with van der Waals surface area (Å²) in [5.74, 6) is -0.315. The van der Waals surface area contributed by atoms with Crippen molar-refractivity contribution in [3.05, 3.63) is 64.7 Å². The molecule has 1 heterocycles. The summed E-state index contributed by atoms with van der Waals surface area (Å²) in [6.07, 6.45) is 1.76. The Balaban J connectivity index is 1.99. The maximum atomic E-state index is 13.2. The molecule has 0 unspecified atom stereocenters. The lowest BCUT2D eigenvalue weighted by atomic mass is 10.1. The first kappa shape index (κ1) is 13.0. The molecule has 0 radical (unpaired) electrons. The SMILES string of the molecule is C[C@@H](NCc1cc(F)cc(Cl)c1)c1ccccn1. The normalized spacial score (nSPS) is 12.4. The number of hydrogen-bond acceptors (Lipinski definition) is 2. The zero-order valence-corrected chi connectivity index (χ0v) is 10.8. The summed E-state index contributed by atoms with van der Waals surface area (Å²) in [6.45, 7) is 2.57. The molecule has 94 valence electrons. The molecule has 0 bridgehead atoms. The largest absolute Gasteiger partial charge is 0.305 e. The molecule has 0 saturated heterocycles. The van der Waals surface area contributed by atoms with Gasteiger partial charge < -0.3 is 5.32 Å². The number of benzene rings is 1.